The molecule has 0 aromatic carbocycles. The zero-order chi connectivity index (χ0) is 16.0. The maximum absolute atomic E-state index is 12.5. The Balaban J connectivity index is 0.00000192. The number of carbonyl (C=O) groups is 1. The molecule has 1 saturated carbocycles. The Morgan fingerprint density at radius 2 is 1.57 bits per heavy atom. The number of fused-ring (bicyclic) bond motifs is 2. The molecule has 4 heteroatoms. The molecular weight excluding hydrogens is 308 g/mol. The number of carbonyl (C=O) groups excluding carboxylic acids is 1. The van der Waals surface area contributed by atoms with Crippen molar-refractivity contribution in [3.8, 4) is 0 Å². The van der Waals surface area contributed by atoms with Gasteiger partial charge >= 0.3 is 0 Å². The third-order valence-electron chi connectivity index (χ3n) is 5.96. The van der Waals surface area contributed by atoms with Gasteiger partial charge in [0.15, 0.2) is 0 Å². The third-order valence-corrected chi connectivity index (χ3v) is 5.96. The fraction of sp³-hybridized carbons (Fsp3) is 0.947. The van der Waals surface area contributed by atoms with Crippen molar-refractivity contribution in [1.29, 1.82) is 0 Å². The first-order chi connectivity index (χ1) is 10.2. The lowest BCUT2D eigenvalue weighted by molar-refractivity contribution is -0.123. The van der Waals surface area contributed by atoms with E-state index in [9.17, 15) is 4.79 Å². The second-order valence-corrected chi connectivity index (χ2v) is 9.86. The second-order valence-electron chi connectivity index (χ2n) is 9.86. The maximum atomic E-state index is 12.5. The third kappa shape index (κ3) is 5.09. The molecular formula is C19H35ClN2O. The van der Waals surface area contributed by atoms with Crippen LogP contribution >= 0.6 is 12.4 Å². The van der Waals surface area contributed by atoms with Gasteiger partial charge in [-0.3, -0.25) is 4.79 Å². The summed E-state index contributed by atoms with van der Waals surface area (Å²) in [5.41, 5.74) is 0.682. The van der Waals surface area contributed by atoms with Crippen LogP contribution in [-0.2, 0) is 4.79 Å². The summed E-state index contributed by atoms with van der Waals surface area (Å²) >= 11 is 0. The van der Waals surface area contributed by atoms with Crippen LogP contribution in [0.5, 0.6) is 0 Å². The van der Waals surface area contributed by atoms with Crippen molar-refractivity contribution in [1.82, 2.24) is 10.6 Å². The molecule has 134 valence electrons. The van der Waals surface area contributed by atoms with Crippen molar-refractivity contribution in [2.75, 3.05) is 0 Å². The Morgan fingerprint density at radius 3 is 2.09 bits per heavy atom. The predicted molar refractivity (Wildman–Crippen MR) is 97.9 cm³/mol. The number of hydrogen-bond acceptors (Lipinski definition) is 2. The Kier molecular flexibility index (Phi) is 5.73. The highest BCUT2D eigenvalue weighted by molar-refractivity contribution is 5.85. The molecule has 2 saturated heterocycles. The van der Waals surface area contributed by atoms with Gasteiger partial charge in [-0.1, -0.05) is 27.7 Å². The molecule has 3 aliphatic rings. The predicted octanol–water partition coefficient (Wildman–Crippen LogP) is 4.05. The lowest BCUT2D eigenvalue weighted by Crippen LogP contribution is -2.47. The first kappa shape index (κ1) is 19.1. The summed E-state index contributed by atoms with van der Waals surface area (Å²) in [5.74, 6) is 0.896. The lowest BCUT2D eigenvalue weighted by atomic mass is 9.63. The van der Waals surface area contributed by atoms with E-state index in [1.165, 1.54) is 32.1 Å². The van der Waals surface area contributed by atoms with Crippen molar-refractivity contribution in [3.63, 3.8) is 0 Å². The van der Waals surface area contributed by atoms with E-state index in [2.05, 4.69) is 38.3 Å². The Morgan fingerprint density at radius 1 is 1.04 bits per heavy atom. The topological polar surface area (TPSA) is 41.1 Å². The molecule has 0 aromatic rings. The number of hydrogen-bond donors (Lipinski definition) is 2. The molecule has 2 atom stereocenters. The van der Waals surface area contributed by atoms with E-state index in [0.717, 1.165) is 19.3 Å². The van der Waals surface area contributed by atoms with Crippen LogP contribution in [0.2, 0.25) is 0 Å². The van der Waals surface area contributed by atoms with Crippen LogP contribution in [0.4, 0.5) is 0 Å². The van der Waals surface area contributed by atoms with Crippen LogP contribution in [0.25, 0.3) is 0 Å². The van der Waals surface area contributed by atoms with Crippen molar-refractivity contribution in [2.24, 2.45) is 16.7 Å². The van der Waals surface area contributed by atoms with Gasteiger partial charge in [0.2, 0.25) is 5.91 Å². The summed E-state index contributed by atoms with van der Waals surface area (Å²) in [6.07, 6.45) is 9.27. The van der Waals surface area contributed by atoms with Crippen LogP contribution in [0, 0.1) is 16.7 Å². The highest BCUT2D eigenvalue weighted by atomic mass is 35.5. The summed E-state index contributed by atoms with van der Waals surface area (Å²) in [5, 5.41) is 7.03. The molecule has 2 N–H and O–H groups in total. The van der Waals surface area contributed by atoms with Crippen LogP contribution in [0.3, 0.4) is 0 Å². The van der Waals surface area contributed by atoms with Gasteiger partial charge < -0.3 is 10.6 Å². The zero-order valence-corrected chi connectivity index (χ0v) is 16.1. The van der Waals surface area contributed by atoms with E-state index in [0.29, 0.717) is 40.8 Å². The normalized spacial score (nSPS) is 35.4. The van der Waals surface area contributed by atoms with Gasteiger partial charge in [-0.15, -0.1) is 12.4 Å². The van der Waals surface area contributed by atoms with Crippen LogP contribution in [0.1, 0.15) is 79.1 Å². The number of piperidine rings is 1. The maximum Gasteiger partial charge on any atom is 0.220 e. The molecule has 0 aromatic heterocycles. The Hall–Kier alpha value is -0.280. The zero-order valence-electron chi connectivity index (χ0n) is 15.3. The summed E-state index contributed by atoms with van der Waals surface area (Å²) in [4.78, 5) is 12.5. The molecule has 23 heavy (non-hydrogen) atoms. The first-order valence-corrected chi connectivity index (χ1v) is 9.26. The SMILES string of the molecule is CC1(C)CC(NC(=O)CC2CC3CCC(C2)N3)CC(C)(C)C1.Cl. The fourth-order valence-electron chi connectivity index (χ4n) is 5.84. The summed E-state index contributed by atoms with van der Waals surface area (Å²) < 4.78 is 0. The van der Waals surface area contributed by atoms with Crippen LogP contribution < -0.4 is 10.6 Å². The van der Waals surface area contributed by atoms with E-state index in [1.807, 2.05) is 0 Å². The standard InChI is InChI=1S/C19H34N2O.ClH/c1-18(2)10-16(11-19(3,4)12-18)21-17(22)9-13-7-14-5-6-15(8-13)20-14;/h13-16,20H,5-12H2,1-4H3,(H,21,22);1H. The fourth-order valence-corrected chi connectivity index (χ4v) is 5.84. The van der Waals surface area contributed by atoms with Crippen molar-refractivity contribution in [3.05, 3.63) is 0 Å². The van der Waals surface area contributed by atoms with Gasteiger partial charge in [0.1, 0.15) is 0 Å². The summed E-state index contributed by atoms with van der Waals surface area (Å²) in [7, 11) is 0. The number of rotatable bonds is 3. The monoisotopic (exact) mass is 342 g/mol. The molecule has 2 unspecified atom stereocenters. The molecule has 3 rings (SSSR count). The van der Waals surface area contributed by atoms with Crippen molar-refractivity contribution >= 4 is 18.3 Å². The number of nitrogens with one attached hydrogen (secondary N) is 2. The van der Waals surface area contributed by atoms with E-state index < -0.39 is 0 Å². The van der Waals surface area contributed by atoms with E-state index >= 15 is 0 Å². The number of amides is 1. The first-order valence-electron chi connectivity index (χ1n) is 9.26. The number of halogens is 1. The van der Waals surface area contributed by atoms with E-state index in [4.69, 9.17) is 0 Å². The molecule has 2 bridgehead atoms. The highest BCUT2D eigenvalue weighted by Crippen LogP contribution is 2.45. The van der Waals surface area contributed by atoms with E-state index in [-0.39, 0.29) is 12.4 Å². The van der Waals surface area contributed by atoms with Crippen molar-refractivity contribution in [2.45, 2.75) is 97.2 Å². The van der Waals surface area contributed by atoms with Gasteiger partial charge in [0.05, 0.1) is 0 Å². The minimum absolute atomic E-state index is 0. The summed E-state index contributed by atoms with van der Waals surface area (Å²) in [6, 6.07) is 1.73. The largest absolute Gasteiger partial charge is 0.353 e. The van der Waals surface area contributed by atoms with Gasteiger partial charge in [-0.2, -0.15) is 0 Å². The quantitative estimate of drug-likeness (QED) is 0.812. The van der Waals surface area contributed by atoms with Gasteiger partial charge in [-0.25, -0.2) is 0 Å². The van der Waals surface area contributed by atoms with Gasteiger partial charge in [0.25, 0.3) is 0 Å². The minimum atomic E-state index is 0. The van der Waals surface area contributed by atoms with E-state index in [1.54, 1.807) is 0 Å². The molecule has 0 radical (unpaired) electrons. The summed E-state index contributed by atoms with van der Waals surface area (Å²) in [6.45, 7) is 9.38. The Bertz CT molecular complexity index is 407. The molecule has 2 aliphatic heterocycles. The highest BCUT2D eigenvalue weighted by Gasteiger charge is 2.39. The minimum Gasteiger partial charge on any atom is -0.353 e. The molecule has 2 heterocycles. The molecule has 1 aliphatic carbocycles. The molecule has 0 spiro atoms. The van der Waals surface area contributed by atoms with Crippen LogP contribution in [0.15, 0.2) is 0 Å². The molecule has 3 nitrogen and oxygen atoms in total. The smallest absolute Gasteiger partial charge is 0.220 e. The van der Waals surface area contributed by atoms with Gasteiger partial charge in [-0.05, 0) is 61.7 Å². The average Bonchev–Trinajstić information content (AvgIpc) is 2.64. The van der Waals surface area contributed by atoms with Crippen LogP contribution in [-0.4, -0.2) is 24.0 Å². The Labute approximate surface area is 148 Å². The van der Waals surface area contributed by atoms with Gasteiger partial charge in [0, 0.05) is 24.5 Å². The average molecular weight is 343 g/mol. The lowest BCUT2D eigenvalue weighted by Gasteiger charge is -2.45. The second kappa shape index (κ2) is 6.92. The molecule has 1 amide bonds. The van der Waals surface area contributed by atoms with Crippen molar-refractivity contribution < 1.29 is 4.79 Å². The molecule has 3 fully saturated rings.